The topological polar surface area (TPSA) is 57.7 Å². The molecule has 0 radical (unpaired) electrons. The van der Waals surface area contributed by atoms with E-state index in [2.05, 4.69) is 0 Å². The average molecular weight is 364 g/mol. The Hall–Kier alpha value is -1.70. The van der Waals surface area contributed by atoms with Crippen LogP contribution in [0.1, 0.15) is 11.1 Å². The first-order valence-electron chi connectivity index (χ1n) is 7.84. The number of rotatable bonds is 4. The van der Waals surface area contributed by atoms with Crippen LogP contribution in [0.5, 0.6) is 0 Å². The van der Waals surface area contributed by atoms with Crippen LogP contribution in [-0.2, 0) is 21.2 Å². The predicted octanol–water partition coefficient (Wildman–Crippen LogP) is 2.13. The zero-order chi connectivity index (χ0) is 17.2. The zero-order valence-electron chi connectivity index (χ0n) is 13.5. The highest BCUT2D eigenvalue weighted by Gasteiger charge is 2.30. The molecule has 0 atom stereocenters. The molecule has 1 fully saturated rings. The quantitative estimate of drug-likeness (QED) is 0.835. The number of benzene rings is 1. The van der Waals surface area contributed by atoms with E-state index in [0.29, 0.717) is 36.8 Å². The monoisotopic (exact) mass is 364 g/mol. The molecule has 2 aromatic rings. The Morgan fingerprint density at radius 3 is 2.33 bits per heavy atom. The van der Waals surface area contributed by atoms with E-state index < -0.39 is 10.0 Å². The number of amides is 1. The van der Waals surface area contributed by atoms with Crippen molar-refractivity contribution in [2.75, 3.05) is 26.2 Å². The summed E-state index contributed by atoms with van der Waals surface area (Å²) in [5.74, 6) is 0.0482. The van der Waals surface area contributed by atoms with E-state index in [1.165, 1.54) is 21.2 Å². The van der Waals surface area contributed by atoms with E-state index in [-0.39, 0.29) is 5.91 Å². The van der Waals surface area contributed by atoms with Gasteiger partial charge in [0.1, 0.15) is 4.21 Å². The molecule has 128 valence electrons. The van der Waals surface area contributed by atoms with E-state index in [1.54, 1.807) is 22.4 Å². The Labute approximate surface area is 146 Å². The molecule has 5 nitrogen and oxygen atoms in total. The molecule has 0 bridgehead atoms. The summed E-state index contributed by atoms with van der Waals surface area (Å²) < 4.78 is 26.8. The van der Waals surface area contributed by atoms with E-state index in [1.807, 2.05) is 31.2 Å². The lowest BCUT2D eigenvalue weighted by molar-refractivity contribution is -0.131. The Balaban J connectivity index is 1.58. The molecule has 7 heteroatoms. The number of hydrogen-bond donors (Lipinski definition) is 0. The van der Waals surface area contributed by atoms with Crippen LogP contribution in [-0.4, -0.2) is 49.7 Å². The molecule has 1 aliphatic rings. The summed E-state index contributed by atoms with van der Waals surface area (Å²) in [6, 6.07) is 11.3. The number of aryl methyl sites for hydroxylation is 1. The molecule has 0 aliphatic carbocycles. The fourth-order valence-corrected chi connectivity index (χ4v) is 5.27. The maximum Gasteiger partial charge on any atom is 0.252 e. The second-order valence-corrected chi connectivity index (χ2v) is 8.99. The molecule has 1 amide bonds. The maximum atomic E-state index is 12.5. The summed E-state index contributed by atoms with van der Waals surface area (Å²) in [5, 5.41) is 1.76. The lowest BCUT2D eigenvalue weighted by Gasteiger charge is -2.33. The standard InChI is InChI=1S/C17H20N2O3S2/c1-14-4-6-15(7-5-14)13-16(20)18-8-10-19(11-9-18)24(21,22)17-3-2-12-23-17/h2-7,12H,8-11,13H2,1H3. The van der Waals surface area contributed by atoms with Gasteiger partial charge in [0.15, 0.2) is 0 Å². The van der Waals surface area contributed by atoms with Gasteiger partial charge in [0.05, 0.1) is 6.42 Å². The molecular weight excluding hydrogens is 344 g/mol. The number of carbonyl (C=O) groups excluding carboxylic acids is 1. The van der Waals surface area contributed by atoms with Gasteiger partial charge in [-0.15, -0.1) is 11.3 Å². The maximum absolute atomic E-state index is 12.5. The van der Waals surface area contributed by atoms with Crippen molar-refractivity contribution in [3.63, 3.8) is 0 Å². The van der Waals surface area contributed by atoms with Gasteiger partial charge in [-0.25, -0.2) is 8.42 Å². The third-order valence-corrected chi connectivity index (χ3v) is 7.43. The SMILES string of the molecule is Cc1ccc(CC(=O)N2CCN(S(=O)(=O)c3cccs3)CC2)cc1. The van der Waals surface area contributed by atoms with Crippen molar-refractivity contribution in [2.24, 2.45) is 0 Å². The summed E-state index contributed by atoms with van der Waals surface area (Å²) in [4.78, 5) is 14.1. The van der Waals surface area contributed by atoms with E-state index in [0.717, 1.165) is 5.56 Å². The van der Waals surface area contributed by atoms with Crippen molar-refractivity contribution >= 4 is 27.3 Å². The fourth-order valence-electron chi connectivity index (χ4n) is 2.71. The summed E-state index contributed by atoms with van der Waals surface area (Å²) in [6.07, 6.45) is 0.359. The van der Waals surface area contributed by atoms with Gasteiger partial charge in [0.25, 0.3) is 10.0 Å². The Morgan fingerprint density at radius 2 is 1.75 bits per heavy atom. The molecule has 1 saturated heterocycles. The number of piperazine rings is 1. The predicted molar refractivity (Wildman–Crippen MR) is 94.5 cm³/mol. The van der Waals surface area contributed by atoms with Crippen LogP contribution >= 0.6 is 11.3 Å². The summed E-state index contributed by atoms with van der Waals surface area (Å²) in [5.41, 5.74) is 2.15. The first-order chi connectivity index (χ1) is 11.5. The van der Waals surface area contributed by atoms with Crippen molar-refractivity contribution in [3.05, 3.63) is 52.9 Å². The molecule has 0 saturated carbocycles. The Morgan fingerprint density at radius 1 is 1.08 bits per heavy atom. The minimum absolute atomic E-state index is 0.0482. The number of nitrogens with zero attached hydrogens (tertiary/aromatic N) is 2. The lowest BCUT2D eigenvalue weighted by Crippen LogP contribution is -2.50. The summed E-state index contributed by atoms with van der Waals surface area (Å²) in [7, 11) is -3.42. The van der Waals surface area contributed by atoms with Crippen LogP contribution in [0, 0.1) is 6.92 Å². The van der Waals surface area contributed by atoms with Crippen molar-refractivity contribution in [1.82, 2.24) is 9.21 Å². The second-order valence-electron chi connectivity index (χ2n) is 5.88. The lowest BCUT2D eigenvalue weighted by atomic mass is 10.1. The van der Waals surface area contributed by atoms with Crippen LogP contribution in [0.15, 0.2) is 46.0 Å². The van der Waals surface area contributed by atoms with Gasteiger partial charge < -0.3 is 4.90 Å². The van der Waals surface area contributed by atoms with Gasteiger partial charge in [-0.1, -0.05) is 35.9 Å². The second kappa shape index (κ2) is 7.04. The summed E-state index contributed by atoms with van der Waals surface area (Å²) in [6.45, 7) is 3.59. The molecule has 2 heterocycles. The molecule has 3 rings (SSSR count). The number of thiophene rings is 1. The number of hydrogen-bond acceptors (Lipinski definition) is 4. The van der Waals surface area contributed by atoms with Crippen LogP contribution in [0.3, 0.4) is 0 Å². The van der Waals surface area contributed by atoms with Crippen LogP contribution in [0.4, 0.5) is 0 Å². The molecule has 0 unspecified atom stereocenters. The average Bonchev–Trinajstić information content (AvgIpc) is 3.12. The first-order valence-corrected chi connectivity index (χ1v) is 10.2. The van der Waals surface area contributed by atoms with Gasteiger partial charge >= 0.3 is 0 Å². The van der Waals surface area contributed by atoms with Gasteiger partial charge in [-0.2, -0.15) is 4.31 Å². The smallest absolute Gasteiger partial charge is 0.252 e. The third kappa shape index (κ3) is 3.68. The van der Waals surface area contributed by atoms with Crippen molar-refractivity contribution in [3.8, 4) is 0 Å². The number of sulfonamides is 1. The largest absolute Gasteiger partial charge is 0.340 e. The zero-order valence-corrected chi connectivity index (χ0v) is 15.1. The minimum Gasteiger partial charge on any atom is -0.340 e. The highest BCUT2D eigenvalue weighted by Crippen LogP contribution is 2.22. The molecule has 1 aromatic carbocycles. The molecule has 24 heavy (non-hydrogen) atoms. The van der Waals surface area contributed by atoms with Crippen LogP contribution in [0.25, 0.3) is 0 Å². The molecule has 0 spiro atoms. The van der Waals surface area contributed by atoms with Gasteiger partial charge in [-0.05, 0) is 23.9 Å². The molecule has 0 N–H and O–H groups in total. The Kier molecular flexibility index (Phi) is 5.03. The normalized spacial score (nSPS) is 16.3. The van der Waals surface area contributed by atoms with E-state index >= 15 is 0 Å². The van der Waals surface area contributed by atoms with Gasteiger partial charge in [0, 0.05) is 26.2 Å². The molecule has 1 aliphatic heterocycles. The first kappa shape index (κ1) is 17.1. The van der Waals surface area contributed by atoms with Gasteiger partial charge in [0.2, 0.25) is 5.91 Å². The van der Waals surface area contributed by atoms with Crippen molar-refractivity contribution in [1.29, 1.82) is 0 Å². The minimum atomic E-state index is -3.42. The highest BCUT2D eigenvalue weighted by molar-refractivity contribution is 7.91. The Bertz CT molecular complexity index is 791. The van der Waals surface area contributed by atoms with E-state index in [9.17, 15) is 13.2 Å². The van der Waals surface area contributed by atoms with Gasteiger partial charge in [-0.3, -0.25) is 4.79 Å². The van der Waals surface area contributed by atoms with E-state index in [4.69, 9.17) is 0 Å². The number of carbonyl (C=O) groups is 1. The highest BCUT2D eigenvalue weighted by atomic mass is 32.2. The summed E-state index contributed by atoms with van der Waals surface area (Å²) >= 11 is 1.22. The molecular formula is C17H20N2O3S2. The van der Waals surface area contributed by atoms with Crippen molar-refractivity contribution < 1.29 is 13.2 Å². The van der Waals surface area contributed by atoms with Crippen LogP contribution in [0.2, 0.25) is 0 Å². The fraction of sp³-hybridized carbons (Fsp3) is 0.353. The third-order valence-electron chi connectivity index (χ3n) is 4.16. The van der Waals surface area contributed by atoms with Crippen LogP contribution < -0.4 is 0 Å². The molecule has 1 aromatic heterocycles. The van der Waals surface area contributed by atoms with Crippen molar-refractivity contribution in [2.45, 2.75) is 17.6 Å².